The maximum atomic E-state index is 5.57. The van der Waals surface area contributed by atoms with Crippen LogP contribution in [-0.4, -0.2) is 64.4 Å². The fraction of sp³-hybridized carbons (Fsp3) is 1.00. The third kappa shape index (κ3) is 11.8. The van der Waals surface area contributed by atoms with Crippen LogP contribution in [0.4, 0.5) is 0 Å². The summed E-state index contributed by atoms with van der Waals surface area (Å²) in [5.41, 5.74) is 0. The van der Waals surface area contributed by atoms with Crippen molar-refractivity contribution in [2.45, 2.75) is 39.2 Å². The topological polar surface area (TPSA) is 38.6 Å². The van der Waals surface area contributed by atoms with Crippen molar-refractivity contribution in [3.63, 3.8) is 0 Å². The minimum atomic E-state index is 0. The summed E-state index contributed by atoms with van der Waals surface area (Å²) in [6.07, 6.45) is 3.99. The minimum absolute atomic E-state index is 0. The predicted molar refractivity (Wildman–Crippen MR) is 79.5 cm³/mol. The van der Waals surface area contributed by atoms with Gasteiger partial charge in [0, 0.05) is 13.1 Å². The molecule has 0 aromatic rings. The van der Waals surface area contributed by atoms with Crippen LogP contribution in [0, 0.1) is 0 Å². The maximum Gasteiger partial charge on any atom is 1.00 e. The summed E-state index contributed by atoms with van der Waals surface area (Å²) in [5.74, 6) is 0. The van der Waals surface area contributed by atoms with Crippen LogP contribution in [0.15, 0.2) is 0 Å². The molecule has 1 heterocycles. The van der Waals surface area contributed by atoms with E-state index in [-0.39, 0.29) is 51.4 Å². The number of ether oxygens (including phenoxy) is 1. The molecule has 1 aliphatic heterocycles. The Kier molecular flexibility index (Phi) is 21.0. The van der Waals surface area contributed by atoms with Crippen molar-refractivity contribution in [2.75, 3.05) is 53.5 Å². The first-order chi connectivity index (χ1) is 8.88. The second kappa shape index (κ2) is 17.5. The van der Waals surface area contributed by atoms with E-state index >= 15 is 0 Å². The van der Waals surface area contributed by atoms with Crippen LogP contribution >= 0.6 is 0 Å². The quantitative estimate of drug-likeness (QED) is 0.467. The van der Waals surface area contributed by atoms with Crippen molar-refractivity contribution in [1.29, 1.82) is 0 Å². The zero-order valence-electron chi connectivity index (χ0n) is 13.7. The van der Waals surface area contributed by atoms with Crippen molar-refractivity contribution < 1.29 is 56.1 Å². The van der Waals surface area contributed by atoms with E-state index in [4.69, 9.17) is 4.74 Å². The Bertz CT molecular complexity index is 171. The number of hydrogen-bond acceptors (Lipinski definition) is 3. The second-order valence-electron chi connectivity index (χ2n) is 4.40. The number of likely N-dealkylation sites (N-methyl/N-ethyl adjacent to an activating group) is 2. The van der Waals surface area contributed by atoms with Gasteiger partial charge in [-0.2, -0.15) is 7.05 Å². The first kappa shape index (κ1) is 22.8. The van der Waals surface area contributed by atoms with Gasteiger partial charge in [0.1, 0.15) is 0 Å². The molecule has 0 aromatic carbocycles. The maximum absolute atomic E-state index is 5.57. The third-order valence-corrected chi connectivity index (χ3v) is 3.16. The fourth-order valence-corrected chi connectivity index (χ4v) is 2.23. The Labute approximate surface area is 162 Å². The van der Waals surface area contributed by atoms with Crippen LogP contribution in [-0.2, 0) is 4.74 Å². The van der Waals surface area contributed by atoms with Gasteiger partial charge in [-0.25, -0.2) is 0 Å². The van der Waals surface area contributed by atoms with E-state index in [9.17, 15) is 0 Å². The minimum Gasteiger partial charge on any atom is -0.664 e. The van der Waals surface area contributed by atoms with Crippen molar-refractivity contribution in [1.82, 2.24) is 10.2 Å². The van der Waals surface area contributed by atoms with Gasteiger partial charge in [-0.15, -0.1) is 6.54 Å². The van der Waals surface area contributed by atoms with Crippen LogP contribution in [0.2, 0.25) is 0 Å². The molecule has 19 heavy (non-hydrogen) atoms. The van der Waals surface area contributed by atoms with Gasteiger partial charge >= 0.3 is 51.4 Å². The van der Waals surface area contributed by atoms with E-state index in [1.165, 1.54) is 25.8 Å². The Morgan fingerprint density at radius 2 is 2.00 bits per heavy atom. The summed E-state index contributed by atoms with van der Waals surface area (Å²) >= 11 is 0. The van der Waals surface area contributed by atoms with Gasteiger partial charge in [-0.05, 0) is 32.5 Å². The van der Waals surface area contributed by atoms with Crippen LogP contribution in [0.5, 0.6) is 0 Å². The van der Waals surface area contributed by atoms with Gasteiger partial charge in [0.25, 0.3) is 0 Å². The number of piperidine rings is 1. The SMILES string of the molecule is CC.C[N-]CC1CCCCN1CCOCCNC.[K+]. The molecule has 0 amide bonds. The molecule has 4 nitrogen and oxygen atoms in total. The Hall–Kier alpha value is 1.48. The first-order valence-corrected chi connectivity index (χ1v) is 7.40. The molecule has 5 heteroatoms. The van der Waals surface area contributed by atoms with E-state index < -0.39 is 0 Å². The zero-order valence-corrected chi connectivity index (χ0v) is 16.9. The average Bonchev–Trinajstić information content (AvgIpc) is 2.43. The molecule has 1 unspecified atom stereocenters. The molecule has 110 valence electrons. The molecule has 1 atom stereocenters. The van der Waals surface area contributed by atoms with Gasteiger partial charge in [0.05, 0.1) is 13.2 Å². The number of nitrogens with zero attached hydrogens (tertiary/aromatic N) is 2. The molecule has 0 aliphatic carbocycles. The van der Waals surface area contributed by atoms with E-state index in [1.54, 1.807) is 0 Å². The van der Waals surface area contributed by atoms with Crippen LogP contribution in [0.25, 0.3) is 5.32 Å². The van der Waals surface area contributed by atoms with E-state index in [2.05, 4.69) is 15.5 Å². The zero-order chi connectivity index (χ0) is 13.6. The molecule has 1 aliphatic rings. The molecule has 1 N–H and O–H groups in total. The van der Waals surface area contributed by atoms with Crippen molar-refractivity contribution in [2.24, 2.45) is 0 Å². The Morgan fingerprint density at radius 1 is 1.26 bits per heavy atom. The number of hydrogen-bond donors (Lipinski definition) is 1. The fourth-order valence-electron chi connectivity index (χ4n) is 2.23. The molecule has 0 bridgehead atoms. The standard InChI is InChI=1S/C12H26N3O.C2H6.K/c1-13-6-9-16-10-8-15-7-4-3-5-12(15)11-14-2;1-2;/h12-13H,3-11H2,1-2H3;1-2H3;/q-1;;+1. The normalized spacial score (nSPS) is 19.3. The van der Waals surface area contributed by atoms with Gasteiger partial charge in [0.15, 0.2) is 0 Å². The number of nitrogens with one attached hydrogen (secondary N) is 1. The molecule has 0 spiro atoms. The molecule has 0 saturated carbocycles. The Morgan fingerprint density at radius 3 is 2.63 bits per heavy atom. The molecule has 0 aromatic heterocycles. The summed E-state index contributed by atoms with van der Waals surface area (Å²) < 4.78 is 5.57. The molecule has 1 rings (SSSR count). The second-order valence-corrected chi connectivity index (χ2v) is 4.40. The van der Waals surface area contributed by atoms with Gasteiger partial charge in [0.2, 0.25) is 0 Å². The monoisotopic (exact) mass is 297 g/mol. The Balaban J connectivity index is 0. The smallest absolute Gasteiger partial charge is 0.664 e. The van der Waals surface area contributed by atoms with Crippen LogP contribution in [0.1, 0.15) is 33.1 Å². The average molecular weight is 298 g/mol. The van der Waals surface area contributed by atoms with Crippen molar-refractivity contribution >= 4 is 0 Å². The molecule has 0 radical (unpaired) electrons. The van der Waals surface area contributed by atoms with E-state index in [0.717, 1.165) is 32.8 Å². The van der Waals surface area contributed by atoms with Gasteiger partial charge in [-0.1, -0.05) is 20.3 Å². The molecule has 1 saturated heterocycles. The van der Waals surface area contributed by atoms with Crippen LogP contribution < -0.4 is 56.7 Å². The first-order valence-electron chi connectivity index (χ1n) is 7.40. The number of rotatable bonds is 8. The van der Waals surface area contributed by atoms with Gasteiger partial charge < -0.3 is 15.4 Å². The third-order valence-electron chi connectivity index (χ3n) is 3.16. The largest absolute Gasteiger partial charge is 1.00 e. The summed E-state index contributed by atoms with van der Waals surface area (Å²) in [6, 6.07) is 0.659. The predicted octanol–water partition coefficient (Wildman–Crippen LogP) is -0.889. The summed E-state index contributed by atoms with van der Waals surface area (Å²) in [6.45, 7) is 9.86. The summed E-state index contributed by atoms with van der Waals surface area (Å²) in [7, 11) is 3.86. The molecular formula is C14H32KN3O. The molecular weight excluding hydrogens is 265 g/mol. The van der Waals surface area contributed by atoms with E-state index in [1.807, 2.05) is 27.9 Å². The van der Waals surface area contributed by atoms with Crippen molar-refractivity contribution in [3.05, 3.63) is 5.32 Å². The van der Waals surface area contributed by atoms with Crippen molar-refractivity contribution in [3.8, 4) is 0 Å². The van der Waals surface area contributed by atoms with E-state index in [0.29, 0.717) is 6.04 Å². The summed E-state index contributed by atoms with van der Waals surface area (Å²) in [4.78, 5) is 2.54. The molecule has 1 fully saturated rings. The van der Waals surface area contributed by atoms with Crippen LogP contribution in [0.3, 0.4) is 0 Å². The van der Waals surface area contributed by atoms with Gasteiger partial charge in [-0.3, -0.25) is 4.90 Å². The number of likely N-dealkylation sites (tertiary alicyclic amines) is 1. The summed E-state index contributed by atoms with van der Waals surface area (Å²) in [5, 5.41) is 7.36.